The van der Waals surface area contributed by atoms with Gasteiger partial charge in [0.1, 0.15) is 0 Å². The summed E-state index contributed by atoms with van der Waals surface area (Å²) in [6, 6.07) is 8.05. The van der Waals surface area contributed by atoms with Gasteiger partial charge in [0.15, 0.2) is 23.3 Å². The lowest BCUT2D eigenvalue weighted by atomic mass is 10.2. The van der Waals surface area contributed by atoms with Crippen molar-refractivity contribution in [1.82, 2.24) is 0 Å². The predicted molar refractivity (Wildman–Crippen MR) is 60.7 cm³/mol. The lowest BCUT2D eigenvalue weighted by Crippen LogP contribution is -2.14. The van der Waals surface area contributed by atoms with Gasteiger partial charge in [0.2, 0.25) is 0 Å². The molecule has 0 aromatic heterocycles. The Hall–Kier alpha value is -2.37. The van der Waals surface area contributed by atoms with Crippen molar-refractivity contribution in [2.75, 3.05) is 5.32 Å². The number of hydrogen-bond donors (Lipinski definition) is 1. The molecule has 1 amide bonds. The maximum absolute atomic E-state index is 13.3. The Morgan fingerprint density at radius 3 is 2.16 bits per heavy atom. The van der Waals surface area contributed by atoms with Gasteiger partial charge in [-0.15, -0.1) is 0 Å². The SMILES string of the molecule is O=C(Nc1cc(F)c(F)c(F)c1F)c1ccccc1. The van der Waals surface area contributed by atoms with Crippen LogP contribution < -0.4 is 5.32 Å². The summed E-state index contributed by atoms with van der Waals surface area (Å²) >= 11 is 0. The summed E-state index contributed by atoms with van der Waals surface area (Å²) in [7, 11) is 0. The van der Waals surface area contributed by atoms with Gasteiger partial charge in [-0.1, -0.05) is 18.2 Å². The number of carbonyl (C=O) groups is 1. The summed E-state index contributed by atoms with van der Waals surface area (Å²) < 4.78 is 52.0. The van der Waals surface area contributed by atoms with Crippen LogP contribution >= 0.6 is 0 Å². The number of nitrogens with one attached hydrogen (secondary N) is 1. The van der Waals surface area contributed by atoms with Gasteiger partial charge >= 0.3 is 0 Å². The quantitative estimate of drug-likeness (QED) is 0.504. The third-order valence-electron chi connectivity index (χ3n) is 2.39. The molecule has 98 valence electrons. The van der Waals surface area contributed by atoms with Gasteiger partial charge in [-0.05, 0) is 12.1 Å². The van der Waals surface area contributed by atoms with E-state index >= 15 is 0 Å². The normalized spacial score (nSPS) is 10.3. The highest BCUT2D eigenvalue weighted by molar-refractivity contribution is 6.04. The number of benzene rings is 2. The monoisotopic (exact) mass is 269 g/mol. The molecule has 1 N–H and O–H groups in total. The number of hydrogen-bond acceptors (Lipinski definition) is 1. The Kier molecular flexibility index (Phi) is 3.50. The molecule has 0 aliphatic heterocycles. The van der Waals surface area contributed by atoms with Gasteiger partial charge in [0.25, 0.3) is 5.91 Å². The molecule has 0 heterocycles. The molecule has 0 aliphatic carbocycles. The first kappa shape index (κ1) is 13.1. The van der Waals surface area contributed by atoms with E-state index in [-0.39, 0.29) is 5.56 Å². The molecule has 2 nitrogen and oxygen atoms in total. The minimum atomic E-state index is -1.97. The van der Waals surface area contributed by atoms with E-state index in [9.17, 15) is 22.4 Å². The van der Waals surface area contributed by atoms with Gasteiger partial charge in [-0.3, -0.25) is 4.79 Å². The molecule has 2 aromatic rings. The fourth-order valence-electron chi connectivity index (χ4n) is 1.45. The van der Waals surface area contributed by atoms with Crippen LogP contribution in [0.2, 0.25) is 0 Å². The number of amides is 1. The zero-order chi connectivity index (χ0) is 14.0. The van der Waals surface area contributed by atoms with Crippen molar-refractivity contribution < 1.29 is 22.4 Å². The Bertz CT molecular complexity index is 628. The van der Waals surface area contributed by atoms with Gasteiger partial charge in [-0.2, -0.15) is 0 Å². The van der Waals surface area contributed by atoms with Crippen LogP contribution in [0, 0.1) is 23.3 Å². The molecule has 0 saturated carbocycles. The van der Waals surface area contributed by atoms with E-state index in [2.05, 4.69) is 0 Å². The van der Waals surface area contributed by atoms with Crippen LogP contribution in [-0.4, -0.2) is 5.91 Å². The van der Waals surface area contributed by atoms with E-state index in [0.29, 0.717) is 6.07 Å². The third-order valence-corrected chi connectivity index (χ3v) is 2.39. The Labute approximate surface area is 105 Å². The van der Waals surface area contributed by atoms with Crippen molar-refractivity contribution in [2.45, 2.75) is 0 Å². The zero-order valence-electron chi connectivity index (χ0n) is 9.38. The molecule has 0 aliphatic rings. The second-order valence-corrected chi connectivity index (χ2v) is 3.67. The third kappa shape index (κ3) is 2.57. The van der Waals surface area contributed by atoms with E-state index in [1.165, 1.54) is 12.1 Å². The molecule has 19 heavy (non-hydrogen) atoms. The highest BCUT2D eigenvalue weighted by Gasteiger charge is 2.20. The van der Waals surface area contributed by atoms with Crippen LogP contribution in [0.3, 0.4) is 0 Å². The first-order valence-electron chi connectivity index (χ1n) is 5.20. The molecule has 6 heteroatoms. The maximum Gasteiger partial charge on any atom is 0.255 e. The first-order valence-corrected chi connectivity index (χ1v) is 5.20. The second-order valence-electron chi connectivity index (χ2n) is 3.67. The summed E-state index contributed by atoms with van der Waals surface area (Å²) in [4.78, 5) is 11.7. The van der Waals surface area contributed by atoms with E-state index in [4.69, 9.17) is 0 Å². The summed E-state index contributed by atoms with van der Waals surface area (Å²) in [6.07, 6.45) is 0. The fourth-order valence-corrected chi connectivity index (χ4v) is 1.45. The predicted octanol–water partition coefficient (Wildman–Crippen LogP) is 3.50. The van der Waals surface area contributed by atoms with Gasteiger partial charge < -0.3 is 5.32 Å². The molecule has 0 unspecified atom stereocenters. The van der Waals surface area contributed by atoms with E-state index in [1.807, 2.05) is 5.32 Å². The fraction of sp³-hybridized carbons (Fsp3) is 0. The van der Waals surface area contributed by atoms with E-state index < -0.39 is 34.9 Å². The molecule has 0 saturated heterocycles. The molecule has 0 bridgehead atoms. The molecular weight excluding hydrogens is 262 g/mol. The minimum Gasteiger partial charge on any atom is -0.319 e. The van der Waals surface area contributed by atoms with Crippen molar-refractivity contribution in [3.8, 4) is 0 Å². The molecule has 0 spiro atoms. The highest BCUT2D eigenvalue weighted by Crippen LogP contribution is 2.23. The van der Waals surface area contributed by atoms with Gasteiger partial charge in [0, 0.05) is 11.6 Å². The smallest absolute Gasteiger partial charge is 0.255 e. The summed E-state index contributed by atoms with van der Waals surface area (Å²) in [5.74, 6) is -7.88. The first-order chi connectivity index (χ1) is 9.00. The standard InChI is InChI=1S/C13H7F4NO/c14-8-6-9(11(16)12(17)10(8)15)18-13(19)7-4-2-1-3-5-7/h1-6H,(H,18,19). The molecule has 0 atom stereocenters. The maximum atomic E-state index is 13.3. The molecule has 2 rings (SSSR count). The number of anilines is 1. The Balaban J connectivity index is 2.32. The minimum absolute atomic E-state index is 0.173. The Morgan fingerprint density at radius 2 is 1.53 bits per heavy atom. The molecule has 2 aromatic carbocycles. The summed E-state index contributed by atoms with van der Waals surface area (Å²) in [6.45, 7) is 0. The summed E-state index contributed by atoms with van der Waals surface area (Å²) in [5, 5.41) is 1.97. The van der Waals surface area contributed by atoms with Crippen molar-refractivity contribution in [3.63, 3.8) is 0 Å². The van der Waals surface area contributed by atoms with Crippen LogP contribution in [0.1, 0.15) is 10.4 Å². The molecule has 0 radical (unpaired) electrons. The van der Waals surface area contributed by atoms with Crippen molar-refractivity contribution in [2.24, 2.45) is 0 Å². The van der Waals surface area contributed by atoms with Crippen molar-refractivity contribution in [3.05, 3.63) is 65.2 Å². The van der Waals surface area contributed by atoms with E-state index in [1.54, 1.807) is 18.2 Å². The molecular formula is C13H7F4NO. The number of carbonyl (C=O) groups excluding carboxylic acids is 1. The van der Waals surface area contributed by atoms with Crippen LogP contribution in [0.15, 0.2) is 36.4 Å². The van der Waals surface area contributed by atoms with Gasteiger partial charge in [-0.25, -0.2) is 17.6 Å². The molecule has 0 fully saturated rings. The second kappa shape index (κ2) is 5.09. The van der Waals surface area contributed by atoms with E-state index in [0.717, 1.165) is 0 Å². The number of halogens is 4. The van der Waals surface area contributed by atoms with Crippen LogP contribution in [-0.2, 0) is 0 Å². The summed E-state index contributed by atoms with van der Waals surface area (Å²) in [5.41, 5.74) is -0.586. The average molecular weight is 269 g/mol. The topological polar surface area (TPSA) is 29.1 Å². The lowest BCUT2D eigenvalue weighted by Gasteiger charge is -2.08. The highest BCUT2D eigenvalue weighted by atomic mass is 19.2. The largest absolute Gasteiger partial charge is 0.319 e. The van der Waals surface area contributed by atoms with Crippen LogP contribution in [0.4, 0.5) is 23.2 Å². The Morgan fingerprint density at radius 1 is 0.895 bits per heavy atom. The average Bonchev–Trinajstić information content (AvgIpc) is 2.43. The van der Waals surface area contributed by atoms with Gasteiger partial charge in [0.05, 0.1) is 5.69 Å². The van der Waals surface area contributed by atoms with Crippen molar-refractivity contribution in [1.29, 1.82) is 0 Å². The zero-order valence-corrected chi connectivity index (χ0v) is 9.38. The van der Waals surface area contributed by atoms with Crippen LogP contribution in [0.25, 0.3) is 0 Å². The lowest BCUT2D eigenvalue weighted by molar-refractivity contribution is 0.102. The number of rotatable bonds is 2. The van der Waals surface area contributed by atoms with Crippen LogP contribution in [0.5, 0.6) is 0 Å². The van der Waals surface area contributed by atoms with Crippen molar-refractivity contribution >= 4 is 11.6 Å².